The van der Waals surface area contributed by atoms with Gasteiger partial charge in [-0.25, -0.2) is 0 Å². The van der Waals surface area contributed by atoms with Gasteiger partial charge < -0.3 is 11.1 Å². The molecule has 0 atom stereocenters. The number of amides is 1. The molecule has 0 radical (unpaired) electrons. The number of nitrogen functional groups attached to an aromatic ring is 1. The topological polar surface area (TPSA) is 55.1 Å². The minimum Gasteiger partial charge on any atom is -0.398 e. The SMILES string of the molecule is Cc1ccc(SCC(=O)Nc2ccc(Br)cc2)c(N)c1. The zero-order valence-electron chi connectivity index (χ0n) is 11.0. The first-order chi connectivity index (χ1) is 9.54. The van der Waals surface area contributed by atoms with Crippen molar-refractivity contribution in [1.29, 1.82) is 0 Å². The van der Waals surface area contributed by atoms with Crippen molar-refractivity contribution in [1.82, 2.24) is 0 Å². The van der Waals surface area contributed by atoms with Gasteiger partial charge in [0.15, 0.2) is 0 Å². The highest BCUT2D eigenvalue weighted by Crippen LogP contribution is 2.25. The van der Waals surface area contributed by atoms with E-state index in [9.17, 15) is 4.79 Å². The molecule has 0 aliphatic heterocycles. The molecule has 2 aromatic rings. The van der Waals surface area contributed by atoms with Crippen LogP contribution in [0.4, 0.5) is 11.4 Å². The predicted molar refractivity (Wildman–Crippen MR) is 89.1 cm³/mol. The van der Waals surface area contributed by atoms with Crippen LogP contribution in [-0.4, -0.2) is 11.7 Å². The van der Waals surface area contributed by atoms with Crippen molar-refractivity contribution in [2.24, 2.45) is 0 Å². The fourth-order valence-electron chi connectivity index (χ4n) is 1.67. The first-order valence-corrected chi connectivity index (χ1v) is 7.87. The van der Waals surface area contributed by atoms with E-state index in [1.54, 1.807) is 0 Å². The van der Waals surface area contributed by atoms with E-state index in [-0.39, 0.29) is 5.91 Å². The Morgan fingerprint density at radius 1 is 1.25 bits per heavy atom. The smallest absolute Gasteiger partial charge is 0.234 e. The normalized spacial score (nSPS) is 10.3. The molecule has 0 aliphatic rings. The van der Waals surface area contributed by atoms with Gasteiger partial charge in [0.05, 0.1) is 5.75 Å². The molecule has 3 N–H and O–H groups in total. The number of nitrogens with two attached hydrogens (primary N) is 1. The van der Waals surface area contributed by atoms with E-state index in [1.165, 1.54) is 11.8 Å². The van der Waals surface area contributed by atoms with Gasteiger partial charge in [-0.1, -0.05) is 22.0 Å². The van der Waals surface area contributed by atoms with Gasteiger partial charge >= 0.3 is 0 Å². The average Bonchev–Trinajstić information content (AvgIpc) is 2.40. The first kappa shape index (κ1) is 14.9. The van der Waals surface area contributed by atoms with Crippen LogP contribution >= 0.6 is 27.7 Å². The summed E-state index contributed by atoms with van der Waals surface area (Å²) in [6, 6.07) is 13.3. The van der Waals surface area contributed by atoms with Crippen LogP contribution in [-0.2, 0) is 4.79 Å². The molecule has 0 saturated heterocycles. The molecular formula is C15H15BrN2OS. The summed E-state index contributed by atoms with van der Waals surface area (Å²) in [4.78, 5) is 12.8. The third-order valence-corrected chi connectivity index (χ3v) is 4.27. The second kappa shape index (κ2) is 6.81. The van der Waals surface area contributed by atoms with E-state index in [1.807, 2.05) is 49.4 Å². The van der Waals surface area contributed by atoms with E-state index in [4.69, 9.17) is 5.73 Å². The molecule has 0 bridgehead atoms. The summed E-state index contributed by atoms with van der Waals surface area (Å²) in [6.45, 7) is 1.99. The predicted octanol–water partition coefficient (Wildman–Crippen LogP) is 4.07. The van der Waals surface area contributed by atoms with E-state index < -0.39 is 0 Å². The number of hydrogen-bond acceptors (Lipinski definition) is 3. The lowest BCUT2D eigenvalue weighted by molar-refractivity contribution is -0.113. The monoisotopic (exact) mass is 350 g/mol. The number of carbonyl (C=O) groups is 1. The Balaban J connectivity index is 1.90. The van der Waals surface area contributed by atoms with Gasteiger partial charge in [0.25, 0.3) is 0 Å². The Hall–Kier alpha value is -1.46. The summed E-state index contributed by atoms with van der Waals surface area (Å²) >= 11 is 4.80. The van der Waals surface area contributed by atoms with Crippen molar-refractivity contribution in [3.8, 4) is 0 Å². The van der Waals surface area contributed by atoms with E-state index in [0.29, 0.717) is 11.4 Å². The van der Waals surface area contributed by atoms with Crippen LogP contribution in [0, 0.1) is 6.92 Å². The zero-order chi connectivity index (χ0) is 14.5. The lowest BCUT2D eigenvalue weighted by atomic mass is 10.2. The molecule has 1 amide bonds. The molecule has 0 aromatic heterocycles. The fraction of sp³-hybridized carbons (Fsp3) is 0.133. The summed E-state index contributed by atoms with van der Waals surface area (Å²) in [5.41, 5.74) is 8.54. The molecule has 5 heteroatoms. The van der Waals surface area contributed by atoms with Gasteiger partial charge in [-0.15, -0.1) is 11.8 Å². The van der Waals surface area contributed by atoms with Gasteiger partial charge in [0.1, 0.15) is 0 Å². The van der Waals surface area contributed by atoms with Gasteiger partial charge in [0, 0.05) is 20.7 Å². The molecule has 0 spiro atoms. The van der Waals surface area contributed by atoms with Crippen molar-refractivity contribution in [3.63, 3.8) is 0 Å². The zero-order valence-corrected chi connectivity index (χ0v) is 13.4. The minimum absolute atomic E-state index is 0.0442. The molecule has 0 aliphatic carbocycles. The Kier molecular flexibility index (Phi) is 5.09. The molecule has 2 aromatic carbocycles. The third kappa shape index (κ3) is 4.28. The molecule has 0 saturated carbocycles. The van der Waals surface area contributed by atoms with Crippen molar-refractivity contribution in [3.05, 3.63) is 52.5 Å². The van der Waals surface area contributed by atoms with Crippen LogP contribution in [0.2, 0.25) is 0 Å². The number of benzene rings is 2. The van der Waals surface area contributed by atoms with Crippen LogP contribution < -0.4 is 11.1 Å². The third-order valence-electron chi connectivity index (χ3n) is 2.65. The average molecular weight is 351 g/mol. The number of anilines is 2. The van der Waals surface area contributed by atoms with Crippen molar-refractivity contribution in [2.45, 2.75) is 11.8 Å². The highest BCUT2D eigenvalue weighted by Gasteiger charge is 2.06. The highest BCUT2D eigenvalue weighted by molar-refractivity contribution is 9.10. The number of thioether (sulfide) groups is 1. The van der Waals surface area contributed by atoms with Gasteiger partial charge in [-0.05, 0) is 48.9 Å². The Morgan fingerprint density at radius 3 is 2.60 bits per heavy atom. The quantitative estimate of drug-likeness (QED) is 0.645. The molecule has 0 fully saturated rings. The summed E-state index contributed by atoms with van der Waals surface area (Å²) in [7, 11) is 0. The van der Waals surface area contributed by atoms with Crippen LogP contribution in [0.3, 0.4) is 0 Å². The molecular weight excluding hydrogens is 336 g/mol. The second-order valence-electron chi connectivity index (χ2n) is 4.39. The molecule has 0 heterocycles. The number of halogens is 1. The number of aryl methyl sites for hydroxylation is 1. The van der Waals surface area contributed by atoms with Gasteiger partial charge in [0.2, 0.25) is 5.91 Å². The minimum atomic E-state index is -0.0442. The van der Waals surface area contributed by atoms with E-state index in [2.05, 4.69) is 21.2 Å². The maximum absolute atomic E-state index is 11.9. The fourth-order valence-corrected chi connectivity index (χ4v) is 2.69. The Labute approximate surface area is 131 Å². The van der Waals surface area contributed by atoms with Crippen molar-refractivity contribution < 1.29 is 4.79 Å². The molecule has 104 valence electrons. The molecule has 3 nitrogen and oxygen atoms in total. The largest absolute Gasteiger partial charge is 0.398 e. The standard InChI is InChI=1S/C15H15BrN2OS/c1-10-2-7-14(13(17)8-10)20-9-15(19)18-12-5-3-11(16)4-6-12/h2-8H,9,17H2,1H3,(H,18,19). The van der Waals surface area contributed by atoms with E-state index in [0.717, 1.165) is 20.6 Å². The lowest BCUT2D eigenvalue weighted by Gasteiger charge is -2.07. The van der Waals surface area contributed by atoms with Gasteiger partial charge in [-0.3, -0.25) is 4.79 Å². The maximum atomic E-state index is 11.9. The number of rotatable bonds is 4. The molecule has 0 unspecified atom stereocenters. The van der Waals surface area contributed by atoms with Crippen molar-refractivity contribution >= 4 is 45.0 Å². The van der Waals surface area contributed by atoms with E-state index >= 15 is 0 Å². The van der Waals surface area contributed by atoms with Crippen molar-refractivity contribution in [2.75, 3.05) is 16.8 Å². The molecule has 20 heavy (non-hydrogen) atoms. The van der Waals surface area contributed by atoms with Crippen LogP contribution in [0.5, 0.6) is 0 Å². The van der Waals surface area contributed by atoms with Crippen LogP contribution in [0.1, 0.15) is 5.56 Å². The summed E-state index contributed by atoms with van der Waals surface area (Å²) in [5.74, 6) is 0.292. The van der Waals surface area contributed by atoms with Gasteiger partial charge in [-0.2, -0.15) is 0 Å². The second-order valence-corrected chi connectivity index (χ2v) is 6.32. The summed E-state index contributed by atoms with van der Waals surface area (Å²) in [5, 5.41) is 2.85. The van der Waals surface area contributed by atoms with Crippen LogP contribution in [0.15, 0.2) is 51.8 Å². The highest BCUT2D eigenvalue weighted by atomic mass is 79.9. The number of hydrogen-bond donors (Lipinski definition) is 2. The van der Waals surface area contributed by atoms with Crippen LogP contribution in [0.25, 0.3) is 0 Å². The molecule has 2 rings (SSSR count). The Bertz CT molecular complexity index is 614. The summed E-state index contributed by atoms with van der Waals surface area (Å²) < 4.78 is 0.984. The first-order valence-electron chi connectivity index (χ1n) is 6.09. The number of nitrogens with one attached hydrogen (secondary N) is 1. The Morgan fingerprint density at radius 2 is 1.95 bits per heavy atom. The lowest BCUT2D eigenvalue weighted by Crippen LogP contribution is -2.14. The number of carbonyl (C=O) groups excluding carboxylic acids is 1. The summed E-state index contributed by atoms with van der Waals surface area (Å²) in [6.07, 6.45) is 0. The maximum Gasteiger partial charge on any atom is 0.234 e.